The minimum atomic E-state index is -4.90. The first-order chi connectivity index (χ1) is 12.6. The molecule has 146 valence electrons. The molecule has 0 saturated carbocycles. The predicted molar refractivity (Wildman–Crippen MR) is 89.9 cm³/mol. The lowest BCUT2D eigenvalue weighted by atomic mass is 10.2. The molecule has 1 amide bonds. The van der Waals surface area contributed by atoms with Gasteiger partial charge in [-0.05, 0) is 38.1 Å². The monoisotopic (exact) mass is 385 g/mol. The standard InChI is InChI=1S/C17H18F3N3O4/c1-10(2)27-8-7-14(24)22-11-3-5-12(6-4-11)23-15(17(18,19)20)13(9-21-23)16(25)26/h3-6,9-10H,7-8H2,1-2H3,(H,22,24)(H,25,26). The third kappa shape index (κ3) is 5.30. The first-order valence-corrected chi connectivity index (χ1v) is 8.00. The summed E-state index contributed by atoms with van der Waals surface area (Å²) in [5, 5.41) is 15.1. The number of hydrogen-bond donors (Lipinski definition) is 2. The Kier molecular flexibility index (Phi) is 6.21. The molecule has 7 nitrogen and oxygen atoms in total. The molecule has 10 heteroatoms. The van der Waals surface area contributed by atoms with Gasteiger partial charge in [-0.1, -0.05) is 0 Å². The number of benzene rings is 1. The van der Waals surface area contributed by atoms with Crippen LogP contribution in [0.1, 0.15) is 36.3 Å². The normalized spacial score (nSPS) is 11.6. The molecular weight excluding hydrogens is 367 g/mol. The Labute approximate surface area is 152 Å². The van der Waals surface area contributed by atoms with Crippen LogP contribution in [-0.4, -0.2) is 39.5 Å². The van der Waals surface area contributed by atoms with E-state index in [0.29, 0.717) is 16.6 Å². The molecule has 1 heterocycles. The summed E-state index contributed by atoms with van der Waals surface area (Å²) in [5.74, 6) is -2.02. The number of alkyl halides is 3. The van der Waals surface area contributed by atoms with Crippen molar-refractivity contribution in [3.63, 3.8) is 0 Å². The van der Waals surface area contributed by atoms with Crippen LogP contribution >= 0.6 is 0 Å². The van der Waals surface area contributed by atoms with Crippen LogP contribution in [0.2, 0.25) is 0 Å². The largest absolute Gasteiger partial charge is 0.478 e. The van der Waals surface area contributed by atoms with Crippen LogP contribution in [0.15, 0.2) is 30.5 Å². The second kappa shape index (κ2) is 8.21. The number of anilines is 1. The summed E-state index contributed by atoms with van der Waals surface area (Å²) < 4.78 is 45.4. The van der Waals surface area contributed by atoms with Gasteiger partial charge in [-0.3, -0.25) is 4.79 Å². The number of aromatic carboxylic acids is 1. The maximum absolute atomic E-state index is 13.2. The van der Waals surface area contributed by atoms with Crippen molar-refractivity contribution in [2.45, 2.75) is 32.5 Å². The van der Waals surface area contributed by atoms with Crippen LogP contribution in [0.4, 0.5) is 18.9 Å². The van der Waals surface area contributed by atoms with E-state index in [1.165, 1.54) is 24.3 Å². The highest BCUT2D eigenvalue weighted by molar-refractivity contribution is 5.91. The number of ether oxygens (including phenoxy) is 1. The van der Waals surface area contributed by atoms with Gasteiger partial charge in [-0.25, -0.2) is 9.48 Å². The van der Waals surface area contributed by atoms with E-state index in [0.717, 1.165) is 0 Å². The minimum Gasteiger partial charge on any atom is -0.478 e. The van der Waals surface area contributed by atoms with Crippen molar-refractivity contribution >= 4 is 17.6 Å². The number of rotatable bonds is 7. The molecule has 1 aromatic heterocycles. The maximum Gasteiger partial charge on any atom is 0.434 e. The maximum atomic E-state index is 13.2. The molecule has 0 radical (unpaired) electrons. The Bertz CT molecular complexity index is 814. The Morgan fingerprint density at radius 1 is 1.26 bits per heavy atom. The SMILES string of the molecule is CC(C)OCCC(=O)Nc1ccc(-n2ncc(C(=O)O)c2C(F)(F)F)cc1. The van der Waals surface area contributed by atoms with Gasteiger partial charge in [-0.15, -0.1) is 0 Å². The lowest BCUT2D eigenvalue weighted by Crippen LogP contribution is -2.17. The quantitative estimate of drug-likeness (QED) is 0.763. The Morgan fingerprint density at radius 2 is 1.89 bits per heavy atom. The van der Waals surface area contributed by atoms with Crippen LogP contribution in [0.3, 0.4) is 0 Å². The van der Waals surface area contributed by atoms with E-state index in [1.54, 1.807) is 0 Å². The molecule has 0 spiro atoms. The van der Waals surface area contributed by atoms with Gasteiger partial charge in [0.15, 0.2) is 5.69 Å². The fourth-order valence-electron chi connectivity index (χ4n) is 2.27. The number of nitrogens with one attached hydrogen (secondary N) is 1. The van der Waals surface area contributed by atoms with Gasteiger partial charge in [0.2, 0.25) is 5.91 Å². The van der Waals surface area contributed by atoms with E-state index in [1.807, 2.05) is 13.8 Å². The molecule has 0 unspecified atom stereocenters. The molecule has 0 aliphatic rings. The summed E-state index contributed by atoms with van der Waals surface area (Å²) in [5.41, 5.74) is -1.92. The van der Waals surface area contributed by atoms with Crippen molar-refractivity contribution < 1.29 is 32.6 Å². The summed E-state index contributed by atoms with van der Waals surface area (Å²) in [4.78, 5) is 22.8. The Hall–Kier alpha value is -2.88. The van der Waals surface area contributed by atoms with Gasteiger partial charge in [-0.2, -0.15) is 18.3 Å². The van der Waals surface area contributed by atoms with Crippen LogP contribution in [0.25, 0.3) is 5.69 Å². The molecule has 27 heavy (non-hydrogen) atoms. The van der Waals surface area contributed by atoms with Crippen molar-refractivity contribution in [1.29, 1.82) is 0 Å². The highest BCUT2D eigenvalue weighted by atomic mass is 19.4. The van der Waals surface area contributed by atoms with Gasteiger partial charge in [0.1, 0.15) is 5.56 Å². The summed E-state index contributed by atoms with van der Waals surface area (Å²) in [6.07, 6.45) is -4.10. The molecule has 0 atom stereocenters. The topological polar surface area (TPSA) is 93.5 Å². The second-order valence-electron chi connectivity index (χ2n) is 5.89. The molecule has 1 aromatic carbocycles. The van der Waals surface area contributed by atoms with Gasteiger partial charge < -0.3 is 15.2 Å². The lowest BCUT2D eigenvalue weighted by Gasteiger charge is -2.12. The molecule has 2 N–H and O–H groups in total. The molecule has 2 rings (SSSR count). The molecular formula is C17H18F3N3O4. The number of hydrogen-bond acceptors (Lipinski definition) is 4. The number of halogens is 3. The molecule has 0 bridgehead atoms. The third-order valence-corrected chi connectivity index (χ3v) is 3.44. The van der Waals surface area contributed by atoms with Gasteiger partial charge >= 0.3 is 12.1 Å². The molecule has 0 fully saturated rings. The number of carboxylic acids is 1. The number of amides is 1. The zero-order chi connectivity index (χ0) is 20.2. The number of carbonyl (C=O) groups excluding carboxylic acids is 1. The summed E-state index contributed by atoms with van der Waals surface area (Å²) in [6, 6.07) is 5.40. The van der Waals surface area contributed by atoms with Crippen molar-refractivity contribution in [2.24, 2.45) is 0 Å². The number of carboxylic acid groups (broad SMARTS) is 1. The van der Waals surface area contributed by atoms with E-state index in [9.17, 15) is 22.8 Å². The summed E-state index contributed by atoms with van der Waals surface area (Å²) in [7, 11) is 0. The number of aromatic nitrogens is 2. The van der Waals surface area contributed by atoms with E-state index < -0.39 is 23.4 Å². The molecule has 0 aliphatic carbocycles. The first-order valence-electron chi connectivity index (χ1n) is 8.00. The Morgan fingerprint density at radius 3 is 2.41 bits per heavy atom. The minimum absolute atomic E-state index is 0.00433. The van der Waals surface area contributed by atoms with Crippen molar-refractivity contribution in [1.82, 2.24) is 9.78 Å². The fourth-order valence-corrected chi connectivity index (χ4v) is 2.27. The van der Waals surface area contributed by atoms with Crippen LogP contribution in [0, 0.1) is 0 Å². The van der Waals surface area contributed by atoms with Crippen LogP contribution in [-0.2, 0) is 15.7 Å². The average Bonchev–Trinajstić information content (AvgIpc) is 3.00. The first kappa shape index (κ1) is 20.4. The summed E-state index contributed by atoms with van der Waals surface area (Å²) >= 11 is 0. The van der Waals surface area contributed by atoms with E-state index in [2.05, 4.69) is 10.4 Å². The lowest BCUT2D eigenvalue weighted by molar-refractivity contribution is -0.143. The van der Waals surface area contributed by atoms with E-state index in [4.69, 9.17) is 9.84 Å². The van der Waals surface area contributed by atoms with Crippen LogP contribution < -0.4 is 5.32 Å². The highest BCUT2D eigenvalue weighted by Gasteiger charge is 2.40. The number of carbonyl (C=O) groups is 2. The number of nitrogens with zero attached hydrogens (tertiary/aromatic N) is 2. The van der Waals surface area contributed by atoms with E-state index >= 15 is 0 Å². The van der Waals surface area contributed by atoms with Crippen molar-refractivity contribution in [3.8, 4) is 5.69 Å². The third-order valence-electron chi connectivity index (χ3n) is 3.44. The highest BCUT2D eigenvalue weighted by Crippen LogP contribution is 2.33. The molecule has 2 aromatic rings. The van der Waals surface area contributed by atoms with Gasteiger partial charge in [0.05, 0.1) is 31.0 Å². The second-order valence-corrected chi connectivity index (χ2v) is 5.89. The predicted octanol–water partition coefficient (Wildman–Crippen LogP) is 3.34. The van der Waals surface area contributed by atoms with E-state index in [-0.39, 0.29) is 30.7 Å². The van der Waals surface area contributed by atoms with Crippen molar-refractivity contribution in [3.05, 3.63) is 41.7 Å². The smallest absolute Gasteiger partial charge is 0.434 e. The average molecular weight is 385 g/mol. The zero-order valence-electron chi connectivity index (χ0n) is 14.6. The molecule has 0 saturated heterocycles. The Balaban J connectivity index is 2.16. The fraction of sp³-hybridized carbons (Fsp3) is 0.353. The van der Waals surface area contributed by atoms with Gasteiger partial charge in [0.25, 0.3) is 0 Å². The van der Waals surface area contributed by atoms with Crippen molar-refractivity contribution in [2.75, 3.05) is 11.9 Å². The molecule has 0 aliphatic heterocycles. The van der Waals surface area contributed by atoms with Crippen LogP contribution in [0.5, 0.6) is 0 Å². The van der Waals surface area contributed by atoms with Gasteiger partial charge in [0, 0.05) is 5.69 Å². The zero-order valence-corrected chi connectivity index (χ0v) is 14.6. The summed E-state index contributed by atoms with van der Waals surface area (Å²) in [6.45, 7) is 3.94.